The zero-order valence-corrected chi connectivity index (χ0v) is 14.1. The number of nitrogens with one attached hydrogen (secondary N) is 1. The van der Waals surface area contributed by atoms with E-state index in [-0.39, 0.29) is 28.2 Å². The molecule has 0 radical (unpaired) electrons. The number of halogens is 1. The van der Waals surface area contributed by atoms with Crippen molar-refractivity contribution in [3.05, 3.63) is 56.1 Å². The van der Waals surface area contributed by atoms with Gasteiger partial charge in [0.15, 0.2) is 0 Å². The average molecular weight is 349 g/mol. The highest BCUT2D eigenvalue weighted by atomic mass is 35.5. The fourth-order valence-electron chi connectivity index (χ4n) is 2.97. The Hall–Kier alpha value is -2.41. The summed E-state index contributed by atoms with van der Waals surface area (Å²) in [5.41, 5.74) is 2.04. The number of aromatic amines is 1. The number of nitro groups is 1. The molecular weight excluding hydrogens is 332 g/mol. The third kappa shape index (κ3) is 2.87. The first-order valence-electron chi connectivity index (χ1n) is 7.66. The Morgan fingerprint density at radius 2 is 2.21 bits per heavy atom. The van der Waals surface area contributed by atoms with Gasteiger partial charge >= 0.3 is 0 Å². The number of H-pyrrole nitrogens is 1. The largest absolute Gasteiger partial charge is 0.344 e. The van der Waals surface area contributed by atoms with E-state index in [1.807, 2.05) is 13.8 Å². The number of benzene rings is 1. The number of aromatic nitrogens is 2. The lowest BCUT2D eigenvalue weighted by Crippen LogP contribution is -2.31. The van der Waals surface area contributed by atoms with Gasteiger partial charge in [-0.2, -0.15) is 0 Å². The van der Waals surface area contributed by atoms with Gasteiger partial charge in [0.1, 0.15) is 5.82 Å². The maximum atomic E-state index is 12.9. The van der Waals surface area contributed by atoms with Gasteiger partial charge in [-0.3, -0.25) is 14.9 Å². The van der Waals surface area contributed by atoms with Crippen LogP contribution in [0, 0.1) is 24.0 Å². The maximum Gasteiger partial charge on any atom is 0.270 e. The Bertz CT molecular complexity index is 798. The Morgan fingerprint density at radius 1 is 1.46 bits per heavy atom. The zero-order chi connectivity index (χ0) is 17.4. The van der Waals surface area contributed by atoms with E-state index in [2.05, 4.69) is 9.97 Å². The molecule has 1 aliphatic rings. The molecule has 1 aliphatic heterocycles. The highest BCUT2D eigenvalue weighted by Crippen LogP contribution is 2.33. The molecule has 2 heterocycles. The van der Waals surface area contributed by atoms with Gasteiger partial charge in [0.25, 0.3) is 11.6 Å². The number of carbonyl (C=O) groups excluding carboxylic acids is 1. The van der Waals surface area contributed by atoms with Crippen LogP contribution in [0.1, 0.15) is 46.5 Å². The van der Waals surface area contributed by atoms with E-state index in [1.54, 1.807) is 4.90 Å². The molecule has 1 saturated heterocycles. The SMILES string of the molecule is Cc1nc(C2CCCN2C(=O)c2ccc([N+](=O)[O-])cc2Cl)[nH]c1C. The fourth-order valence-corrected chi connectivity index (χ4v) is 3.23. The second-order valence-corrected chi connectivity index (χ2v) is 6.32. The van der Waals surface area contributed by atoms with Gasteiger partial charge in [-0.15, -0.1) is 0 Å². The van der Waals surface area contributed by atoms with Gasteiger partial charge in [0.05, 0.1) is 27.2 Å². The van der Waals surface area contributed by atoms with Crippen LogP contribution in [0.25, 0.3) is 0 Å². The van der Waals surface area contributed by atoms with Crippen molar-refractivity contribution in [2.75, 3.05) is 6.54 Å². The second-order valence-electron chi connectivity index (χ2n) is 5.91. The summed E-state index contributed by atoms with van der Waals surface area (Å²) >= 11 is 6.09. The molecule has 1 amide bonds. The normalized spacial score (nSPS) is 17.3. The molecule has 1 aromatic carbocycles. The van der Waals surface area contributed by atoms with E-state index in [1.165, 1.54) is 18.2 Å². The van der Waals surface area contributed by atoms with Crippen LogP contribution in [0.2, 0.25) is 5.02 Å². The van der Waals surface area contributed by atoms with Crippen molar-refractivity contribution in [1.29, 1.82) is 0 Å². The molecule has 126 valence electrons. The molecule has 3 rings (SSSR count). The standard InChI is InChI=1S/C16H17ClN4O3/c1-9-10(2)19-15(18-9)14-4-3-7-20(14)16(22)12-6-5-11(21(23)24)8-13(12)17/h5-6,8,14H,3-4,7H2,1-2H3,(H,18,19). The predicted molar refractivity (Wildman–Crippen MR) is 89.2 cm³/mol. The average Bonchev–Trinajstić information content (AvgIpc) is 3.13. The monoisotopic (exact) mass is 348 g/mol. The third-order valence-corrected chi connectivity index (χ3v) is 4.68. The summed E-state index contributed by atoms with van der Waals surface area (Å²) in [7, 11) is 0. The summed E-state index contributed by atoms with van der Waals surface area (Å²) in [6.45, 7) is 4.47. The predicted octanol–water partition coefficient (Wildman–Crippen LogP) is 3.57. The minimum Gasteiger partial charge on any atom is -0.344 e. The number of aryl methyl sites for hydroxylation is 2. The summed E-state index contributed by atoms with van der Waals surface area (Å²) in [5, 5.41) is 10.9. The summed E-state index contributed by atoms with van der Waals surface area (Å²) in [6, 6.07) is 3.79. The molecule has 2 aromatic rings. The molecule has 1 aromatic heterocycles. The number of rotatable bonds is 3. The van der Waals surface area contributed by atoms with E-state index in [9.17, 15) is 14.9 Å². The van der Waals surface area contributed by atoms with Gasteiger partial charge < -0.3 is 9.88 Å². The number of non-ortho nitro benzene ring substituents is 1. The molecule has 0 bridgehead atoms. The number of carbonyl (C=O) groups is 1. The molecule has 24 heavy (non-hydrogen) atoms. The van der Waals surface area contributed by atoms with Gasteiger partial charge in [-0.05, 0) is 32.8 Å². The van der Waals surface area contributed by atoms with Crippen molar-refractivity contribution in [2.45, 2.75) is 32.7 Å². The smallest absolute Gasteiger partial charge is 0.270 e. The van der Waals surface area contributed by atoms with Gasteiger partial charge in [-0.25, -0.2) is 4.98 Å². The Morgan fingerprint density at radius 3 is 2.79 bits per heavy atom. The van der Waals surface area contributed by atoms with E-state index in [4.69, 9.17) is 11.6 Å². The number of imidazole rings is 1. The van der Waals surface area contributed by atoms with Crippen LogP contribution in [0.3, 0.4) is 0 Å². The molecule has 0 aliphatic carbocycles. The van der Waals surface area contributed by atoms with Crippen LogP contribution in [0.15, 0.2) is 18.2 Å². The quantitative estimate of drug-likeness (QED) is 0.678. The van der Waals surface area contributed by atoms with Gasteiger partial charge in [0, 0.05) is 24.4 Å². The Kier molecular flexibility index (Phi) is 4.28. The number of amides is 1. The second kappa shape index (κ2) is 6.24. The summed E-state index contributed by atoms with van der Waals surface area (Å²) < 4.78 is 0. The molecule has 1 atom stereocenters. The minimum absolute atomic E-state index is 0.0895. The number of likely N-dealkylation sites (tertiary alicyclic amines) is 1. The van der Waals surface area contributed by atoms with Crippen LogP contribution >= 0.6 is 11.6 Å². The summed E-state index contributed by atoms with van der Waals surface area (Å²) in [6.07, 6.45) is 1.70. The van der Waals surface area contributed by atoms with Crippen molar-refractivity contribution < 1.29 is 9.72 Å². The molecule has 1 unspecified atom stereocenters. The lowest BCUT2D eigenvalue weighted by Gasteiger charge is -2.23. The van der Waals surface area contributed by atoms with Crippen LogP contribution < -0.4 is 0 Å². The molecule has 1 N–H and O–H groups in total. The molecule has 0 saturated carbocycles. The first kappa shape index (κ1) is 16.4. The topological polar surface area (TPSA) is 92.1 Å². The molecule has 8 heteroatoms. The van der Waals surface area contributed by atoms with E-state index in [0.29, 0.717) is 6.54 Å². The van der Waals surface area contributed by atoms with Crippen molar-refractivity contribution in [1.82, 2.24) is 14.9 Å². The highest BCUT2D eigenvalue weighted by molar-refractivity contribution is 6.34. The Balaban J connectivity index is 1.90. The first-order valence-corrected chi connectivity index (χ1v) is 8.04. The van der Waals surface area contributed by atoms with Crippen molar-refractivity contribution in [3.8, 4) is 0 Å². The zero-order valence-electron chi connectivity index (χ0n) is 13.4. The number of nitro benzene ring substituents is 1. The van der Waals surface area contributed by atoms with E-state index in [0.717, 1.165) is 30.1 Å². The minimum atomic E-state index is -0.535. The Labute approximate surface area is 143 Å². The van der Waals surface area contributed by atoms with Crippen LogP contribution in [-0.4, -0.2) is 32.2 Å². The van der Waals surface area contributed by atoms with Gasteiger partial charge in [-0.1, -0.05) is 11.6 Å². The van der Waals surface area contributed by atoms with Crippen LogP contribution in [0.5, 0.6) is 0 Å². The maximum absolute atomic E-state index is 12.9. The third-order valence-electron chi connectivity index (χ3n) is 4.37. The van der Waals surface area contributed by atoms with E-state index < -0.39 is 4.92 Å². The fraction of sp³-hybridized carbons (Fsp3) is 0.375. The molecule has 0 spiro atoms. The molecule has 1 fully saturated rings. The first-order chi connectivity index (χ1) is 11.4. The van der Waals surface area contributed by atoms with Crippen LogP contribution in [0.4, 0.5) is 5.69 Å². The van der Waals surface area contributed by atoms with Crippen molar-refractivity contribution >= 4 is 23.2 Å². The van der Waals surface area contributed by atoms with E-state index >= 15 is 0 Å². The number of hydrogen-bond donors (Lipinski definition) is 1. The van der Waals surface area contributed by atoms with Gasteiger partial charge in [0.2, 0.25) is 0 Å². The lowest BCUT2D eigenvalue weighted by atomic mass is 10.1. The van der Waals surface area contributed by atoms with Crippen molar-refractivity contribution in [2.24, 2.45) is 0 Å². The molecular formula is C16H17ClN4O3. The molecule has 7 nitrogen and oxygen atoms in total. The number of hydrogen-bond acceptors (Lipinski definition) is 4. The summed E-state index contributed by atoms with van der Waals surface area (Å²) in [4.78, 5) is 32.6. The highest BCUT2D eigenvalue weighted by Gasteiger charge is 2.33. The number of nitrogens with zero attached hydrogens (tertiary/aromatic N) is 3. The summed E-state index contributed by atoms with van der Waals surface area (Å²) in [5.74, 6) is 0.540. The van der Waals surface area contributed by atoms with Crippen molar-refractivity contribution in [3.63, 3.8) is 0 Å². The van der Waals surface area contributed by atoms with Crippen LogP contribution in [-0.2, 0) is 0 Å². The lowest BCUT2D eigenvalue weighted by molar-refractivity contribution is -0.384.